The number of methoxy groups -OCH3 is 1. The van der Waals surface area contributed by atoms with Crippen molar-refractivity contribution in [1.82, 2.24) is 0 Å². The van der Waals surface area contributed by atoms with Crippen molar-refractivity contribution in [2.24, 2.45) is 11.8 Å². The smallest absolute Gasteiger partial charge is 0.0916 e. The van der Waals surface area contributed by atoms with E-state index in [0.717, 1.165) is 23.9 Å². The third kappa shape index (κ3) is 2.02. The highest BCUT2D eigenvalue weighted by molar-refractivity contribution is 4.96. The van der Waals surface area contributed by atoms with Gasteiger partial charge in [0.2, 0.25) is 0 Å². The van der Waals surface area contributed by atoms with Crippen molar-refractivity contribution in [3.05, 3.63) is 0 Å². The molecule has 3 aliphatic rings. The Labute approximate surface area is 104 Å². The van der Waals surface area contributed by atoms with Gasteiger partial charge < -0.3 is 14.8 Å². The van der Waals surface area contributed by atoms with Gasteiger partial charge in [-0.1, -0.05) is 0 Å². The SMILES string of the molecule is COC1CCC2[NH2+]C(C)C3C[C@H](C)OC3C2C1. The first-order valence-corrected chi connectivity index (χ1v) is 7.22. The summed E-state index contributed by atoms with van der Waals surface area (Å²) < 4.78 is 11.8. The zero-order chi connectivity index (χ0) is 12.0. The molecule has 0 aromatic carbocycles. The summed E-state index contributed by atoms with van der Waals surface area (Å²) in [7, 11) is 1.86. The van der Waals surface area contributed by atoms with E-state index in [0.29, 0.717) is 18.3 Å². The molecular formula is C14H26NO2+. The van der Waals surface area contributed by atoms with Gasteiger partial charge in [-0.05, 0) is 33.1 Å². The maximum absolute atomic E-state index is 6.22. The monoisotopic (exact) mass is 240 g/mol. The van der Waals surface area contributed by atoms with Crippen molar-refractivity contribution in [1.29, 1.82) is 0 Å². The second-order valence-electron chi connectivity index (χ2n) is 6.36. The fraction of sp³-hybridized carbons (Fsp3) is 1.00. The molecule has 0 spiro atoms. The lowest BCUT2D eigenvalue weighted by atomic mass is 9.70. The number of rotatable bonds is 1. The van der Waals surface area contributed by atoms with Gasteiger partial charge in [0.15, 0.2) is 0 Å². The molecule has 0 radical (unpaired) electrons. The summed E-state index contributed by atoms with van der Waals surface area (Å²) in [5, 5.41) is 2.62. The van der Waals surface area contributed by atoms with Crippen LogP contribution in [0.5, 0.6) is 0 Å². The topological polar surface area (TPSA) is 35.1 Å². The van der Waals surface area contributed by atoms with Crippen LogP contribution >= 0.6 is 0 Å². The van der Waals surface area contributed by atoms with Gasteiger partial charge in [0.05, 0.1) is 30.4 Å². The molecule has 0 bridgehead atoms. The van der Waals surface area contributed by atoms with Crippen LogP contribution in [0.3, 0.4) is 0 Å². The van der Waals surface area contributed by atoms with E-state index in [2.05, 4.69) is 19.2 Å². The highest BCUT2D eigenvalue weighted by Gasteiger charge is 2.52. The van der Waals surface area contributed by atoms with E-state index in [4.69, 9.17) is 9.47 Å². The average molecular weight is 240 g/mol. The van der Waals surface area contributed by atoms with Gasteiger partial charge in [-0.15, -0.1) is 0 Å². The van der Waals surface area contributed by atoms with Gasteiger partial charge in [0.1, 0.15) is 0 Å². The Morgan fingerprint density at radius 1 is 1.12 bits per heavy atom. The number of hydrogen-bond donors (Lipinski definition) is 1. The first-order valence-electron chi connectivity index (χ1n) is 7.22. The Kier molecular flexibility index (Phi) is 3.18. The van der Waals surface area contributed by atoms with Crippen LogP contribution in [0.4, 0.5) is 0 Å². The van der Waals surface area contributed by atoms with E-state index in [-0.39, 0.29) is 0 Å². The van der Waals surface area contributed by atoms with Crippen LogP contribution in [0.1, 0.15) is 39.5 Å². The zero-order valence-electron chi connectivity index (χ0n) is 11.3. The molecule has 98 valence electrons. The third-order valence-electron chi connectivity index (χ3n) is 5.30. The van der Waals surface area contributed by atoms with Crippen molar-refractivity contribution in [2.45, 2.75) is 69.9 Å². The Balaban J connectivity index is 1.77. The van der Waals surface area contributed by atoms with E-state index in [1.54, 1.807) is 0 Å². The quantitative estimate of drug-likeness (QED) is 0.740. The number of piperidine rings is 1. The largest absolute Gasteiger partial charge is 0.381 e. The summed E-state index contributed by atoms with van der Waals surface area (Å²) in [5.41, 5.74) is 0. The molecule has 3 heteroatoms. The molecule has 17 heavy (non-hydrogen) atoms. The van der Waals surface area contributed by atoms with Gasteiger partial charge in [-0.3, -0.25) is 0 Å². The summed E-state index contributed by atoms with van der Waals surface area (Å²) >= 11 is 0. The van der Waals surface area contributed by atoms with Crippen LogP contribution in [-0.4, -0.2) is 37.5 Å². The average Bonchev–Trinajstić information content (AvgIpc) is 2.72. The van der Waals surface area contributed by atoms with Crippen molar-refractivity contribution in [2.75, 3.05) is 7.11 Å². The van der Waals surface area contributed by atoms with Crippen molar-refractivity contribution >= 4 is 0 Å². The Bertz CT molecular complexity index is 283. The molecule has 0 amide bonds. The van der Waals surface area contributed by atoms with Crippen LogP contribution in [0.2, 0.25) is 0 Å². The second-order valence-corrected chi connectivity index (χ2v) is 6.36. The molecule has 1 aliphatic carbocycles. The number of fused-ring (bicyclic) bond motifs is 3. The Morgan fingerprint density at radius 2 is 1.94 bits per heavy atom. The van der Waals surface area contributed by atoms with Gasteiger partial charge in [-0.2, -0.15) is 0 Å². The molecule has 2 aliphatic heterocycles. The van der Waals surface area contributed by atoms with Crippen LogP contribution in [0.15, 0.2) is 0 Å². The summed E-state index contributed by atoms with van der Waals surface area (Å²) in [6.45, 7) is 4.62. The standard InChI is InChI=1S/C14H25NO2/c1-8-6-11-9(2)15-13-5-4-10(16-3)7-12(13)14(11)17-8/h8-15H,4-7H2,1-3H3/p+1/t8-,9?,10?,11?,12?,13?,14?/m0/s1. The first-order chi connectivity index (χ1) is 8.19. The molecule has 3 nitrogen and oxygen atoms in total. The normalized spacial score (nSPS) is 54.2. The fourth-order valence-corrected chi connectivity index (χ4v) is 4.43. The Morgan fingerprint density at radius 3 is 2.71 bits per heavy atom. The van der Waals surface area contributed by atoms with Gasteiger partial charge in [0.25, 0.3) is 0 Å². The maximum Gasteiger partial charge on any atom is 0.0916 e. The van der Waals surface area contributed by atoms with Crippen LogP contribution < -0.4 is 5.32 Å². The third-order valence-corrected chi connectivity index (χ3v) is 5.30. The molecule has 2 heterocycles. The van der Waals surface area contributed by atoms with Crippen LogP contribution in [0, 0.1) is 11.8 Å². The van der Waals surface area contributed by atoms with Crippen LogP contribution in [0.25, 0.3) is 0 Å². The number of nitrogens with two attached hydrogens (primary N) is 1. The van der Waals surface area contributed by atoms with E-state index < -0.39 is 0 Å². The van der Waals surface area contributed by atoms with E-state index in [1.807, 2.05) is 7.11 Å². The summed E-state index contributed by atoms with van der Waals surface area (Å²) in [6.07, 6.45) is 6.43. The highest BCUT2D eigenvalue weighted by atomic mass is 16.5. The minimum Gasteiger partial charge on any atom is -0.381 e. The molecule has 1 saturated carbocycles. The lowest BCUT2D eigenvalue weighted by molar-refractivity contribution is -0.745. The lowest BCUT2D eigenvalue weighted by Gasteiger charge is -2.44. The molecule has 2 N–H and O–H groups in total. The number of quaternary nitrogens is 1. The van der Waals surface area contributed by atoms with E-state index in [1.165, 1.54) is 25.7 Å². The minimum absolute atomic E-state index is 0.461. The van der Waals surface area contributed by atoms with Crippen molar-refractivity contribution in [3.8, 4) is 0 Å². The predicted octanol–water partition coefficient (Wildman–Crippen LogP) is 0.929. The van der Waals surface area contributed by atoms with Gasteiger partial charge in [0, 0.05) is 25.4 Å². The molecule has 6 unspecified atom stereocenters. The highest BCUT2D eigenvalue weighted by Crippen LogP contribution is 2.41. The first kappa shape index (κ1) is 11.9. The molecule has 2 saturated heterocycles. The number of hydrogen-bond acceptors (Lipinski definition) is 2. The lowest BCUT2D eigenvalue weighted by Crippen LogP contribution is -3.00. The fourth-order valence-electron chi connectivity index (χ4n) is 4.43. The zero-order valence-corrected chi connectivity index (χ0v) is 11.3. The molecule has 0 aromatic heterocycles. The predicted molar refractivity (Wildman–Crippen MR) is 65.8 cm³/mol. The van der Waals surface area contributed by atoms with Gasteiger partial charge in [-0.25, -0.2) is 0 Å². The summed E-state index contributed by atoms with van der Waals surface area (Å²) in [5.74, 6) is 1.49. The maximum atomic E-state index is 6.22. The molecule has 7 atom stereocenters. The minimum atomic E-state index is 0.461. The second kappa shape index (κ2) is 4.52. The van der Waals surface area contributed by atoms with Crippen molar-refractivity contribution < 1.29 is 14.8 Å². The molecular weight excluding hydrogens is 214 g/mol. The Hall–Kier alpha value is -0.120. The molecule has 3 rings (SSSR count). The molecule has 3 fully saturated rings. The van der Waals surface area contributed by atoms with E-state index >= 15 is 0 Å². The summed E-state index contributed by atoms with van der Waals surface area (Å²) in [6, 6.07) is 1.52. The number of ether oxygens (including phenoxy) is 2. The van der Waals surface area contributed by atoms with E-state index in [9.17, 15) is 0 Å². The van der Waals surface area contributed by atoms with Crippen LogP contribution in [-0.2, 0) is 9.47 Å². The van der Waals surface area contributed by atoms with Crippen molar-refractivity contribution in [3.63, 3.8) is 0 Å². The summed E-state index contributed by atoms with van der Waals surface area (Å²) in [4.78, 5) is 0. The molecule has 0 aromatic rings. The van der Waals surface area contributed by atoms with Gasteiger partial charge >= 0.3 is 0 Å².